The minimum Gasteiger partial charge on any atom is -0.399 e. The van der Waals surface area contributed by atoms with Crippen LogP contribution in [0.5, 0.6) is 0 Å². The van der Waals surface area contributed by atoms with Crippen LogP contribution in [0.2, 0.25) is 5.02 Å². The van der Waals surface area contributed by atoms with Crippen molar-refractivity contribution in [3.05, 3.63) is 45.9 Å². The van der Waals surface area contributed by atoms with Crippen molar-refractivity contribution in [3.63, 3.8) is 0 Å². The molecule has 2 nitrogen and oxygen atoms in total. The maximum absolute atomic E-state index is 6.10. The van der Waals surface area contributed by atoms with Crippen molar-refractivity contribution in [1.82, 2.24) is 4.98 Å². The standard InChI is InChI=1S/C13H8BrClN2S/c14-9-3-1-7(5-10(9)15)13-17-11-4-2-8(16)6-12(11)18-13/h1-6H,16H2. The van der Waals surface area contributed by atoms with Gasteiger partial charge in [-0.1, -0.05) is 17.7 Å². The Morgan fingerprint density at radius 2 is 2.00 bits per heavy atom. The number of fused-ring (bicyclic) bond motifs is 1. The first-order valence-electron chi connectivity index (χ1n) is 5.25. The van der Waals surface area contributed by atoms with E-state index in [-0.39, 0.29) is 0 Å². The molecule has 90 valence electrons. The Hall–Kier alpha value is -1.10. The Kier molecular flexibility index (Phi) is 3.01. The first kappa shape index (κ1) is 12.0. The van der Waals surface area contributed by atoms with Crippen LogP contribution in [0.15, 0.2) is 40.9 Å². The van der Waals surface area contributed by atoms with Crippen molar-refractivity contribution < 1.29 is 0 Å². The third kappa shape index (κ3) is 2.11. The lowest BCUT2D eigenvalue weighted by Gasteiger charge is -1.98. The first-order chi connectivity index (χ1) is 8.63. The first-order valence-corrected chi connectivity index (χ1v) is 7.24. The molecule has 0 aliphatic carbocycles. The third-order valence-corrected chi connectivity index (χ3v) is 4.88. The van der Waals surface area contributed by atoms with Gasteiger partial charge in [0.15, 0.2) is 0 Å². The summed E-state index contributed by atoms with van der Waals surface area (Å²) in [7, 11) is 0. The van der Waals surface area contributed by atoms with Crippen molar-refractivity contribution in [2.75, 3.05) is 5.73 Å². The van der Waals surface area contributed by atoms with E-state index in [1.807, 2.05) is 36.4 Å². The van der Waals surface area contributed by atoms with Crippen molar-refractivity contribution in [1.29, 1.82) is 0 Å². The number of aromatic nitrogens is 1. The van der Waals surface area contributed by atoms with Crippen molar-refractivity contribution in [3.8, 4) is 10.6 Å². The molecule has 0 saturated heterocycles. The number of nitrogens with two attached hydrogens (primary N) is 1. The van der Waals surface area contributed by atoms with E-state index in [1.165, 1.54) is 0 Å². The molecule has 1 aromatic heterocycles. The van der Waals surface area contributed by atoms with Gasteiger partial charge in [0, 0.05) is 15.7 Å². The molecule has 0 atom stereocenters. The number of benzene rings is 2. The van der Waals surface area contributed by atoms with Gasteiger partial charge >= 0.3 is 0 Å². The average Bonchev–Trinajstić information content (AvgIpc) is 2.75. The van der Waals surface area contributed by atoms with Gasteiger partial charge in [-0.25, -0.2) is 4.98 Å². The second kappa shape index (κ2) is 4.53. The smallest absolute Gasteiger partial charge is 0.124 e. The monoisotopic (exact) mass is 338 g/mol. The zero-order valence-electron chi connectivity index (χ0n) is 9.15. The Morgan fingerprint density at radius 1 is 1.17 bits per heavy atom. The zero-order chi connectivity index (χ0) is 12.7. The average molecular weight is 340 g/mol. The quantitative estimate of drug-likeness (QED) is 0.636. The molecule has 0 aliphatic heterocycles. The van der Waals surface area contributed by atoms with E-state index in [0.29, 0.717) is 5.02 Å². The number of halogens is 2. The molecule has 0 bridgehead atoms. The van der Waals surface area contributed by atoms with E-state index in [4.69, 9.17) is 17.3 Å². The van der Waals surface area contributed by atoms with Gasteiger partial charge in [-0.15, -0.1) is 11.3 Å². The molecule has 5 heteroatoms. The van der Waals surface area contributed by atoms with E-state index in [2.05, 4.69) is 20.9 Å². The van der Waals surface area contributed by atoms with Crippen molar-refractivity contribution >= 4 is 54.8 Å². The van der Waals surface area contributed by atoms with E-state index in [1.54, 1.807) is 11.3 Å². The second-order valence-electron chi connectivity index (χ2n) is 3.88. The summed E-state index contributed by atoms with van der Waals surface area (Å²) in [5.41, 5.74) is 8.50. The maximum atomic E-state index is 6.10. The molecule has 0 spiro atoms. The van der Waals surface area contributed by atoms with Crippen LogP contribution in [-0.4, -0.2) is 4.98 Å². The number of anilines is 1. The number of hydrogen-bond donors (Lipinski definition) is 1. The van der Waals surface area contributed by atoms with Gasteiger partial charge in [-0.05, 0) is 46.3 Å². The van der Waals surface area contributed by atoms with Crippen LogP contribution in [0, 0.1) is 0 Å². The molecule has 2 aromatic carbocycles. The predicted molar refractivity (Wildman–Crippen MR) is 82.2 cm³/mol. The fourth-order valence-electron chi connectivity index (χ4n) is 1.69. The predicted octanol–water partition coefficient (Wildman–Crippen LogP) is 4.96. The summed E-state index contributed by atoms with van der Waals surface area (Å²) in [6.07, 6.45) is 0. The second-order valence-corrected chi connectivity index (χ2v) is 6.17. The molecule has 18 heavy (non-hydrogen) atoms. The Labute approximate surface area is 122 Å². The fraction of sp³-hybridized carbons (Fsp3) is 0. The minimum atomic E-state index is 0.686. The van der Waals surface area contributed by atoms with Crippen LogP contribution in [0.25, 0.3) is 20.8 Å². The Morgan fingerprint density at radius 3 is 2.78 bits per heavy atom. The van der Waals surface area contributed by atoms with Crippen molar-refractivity contribution in [2.45, 2.75) is 0 Å². The van der Waals surface area contributed by atoms with Gasteiger partial charge < -0.3 is 5.73 Å². The molecule has 0 saturated carbocycles. The van der Waals surface area contributed by atoms with E-state index >= 15 is 0 Å². The number of nitrogen functional groups attached to an aromatic ring is 1. The highest BCUT2D eigenvalue weighted by Crippen LogP contribution is 2.34. The van der Waals surface area contributed by atoms with Crippen LogP contribution < -0.4 is 5.73 Å². The zero-order valence-corrected chi connectivity index (χ0v) is 12.3. The van der Waals surface area contributed by atoms with Crippen LogP contribution in [0.1, 0.15) is 0 Å². The highest BCUT2D eigenvalue weighted by Gasteiger charge is 2.08. The molecule has 1 heterocycles. The minimum absolute atomic E-state index is 0.686. The molecule has 0 amide bonds. The lowest BCUT2D eigenvalue weighted by Crippen LogP contribution is -1.81. The van der Waals surface area contributed by atoms with Crippen LogP contribution in [0.3, 0.4) is 0 Å². The summed E-state index contributed by atoms with van der Waals surface area (Å²) in [4.78, 5) is 4.58. The molecule has 3 aromatic rings. The van der Waals surface area contributed by atoms with Crippen molar-refractivity contribution in [2.24, 2.45) is 0 Å². The summed E-state index contributed by atoms with van der Waals surface area (Å²) in [5.74, 6) is 0. The largest absolute Gasteiger partial charge is 0.399 e. The van der Waals surface area contributed by atoms with Gasteiger partial charge in [0.25, 0.3) is 0 Å². The molecule has 2 N–H and O–H groups in total. The summed E-state index contributed by atoms with van der Waals surface area (Å²) in [6.45, 7) is 0. The van der Waals surface area contributed by atoms with Gasteiger partial charge in [-0.3, -0.25) is 0 Å². The van der Waals surface area contributed by atoms with E-state index in [9.17, 15) is 0 Å². The van der Waals surface area contributed by atoms with Crippen LogP contribution in [0.4, 0.5) is 5.69 Å². The molecule has 0 aliphatic rings. The highest BCUT2D eigenvalue weighted by molar-refractivity contribution is 9.10. The molecule has 0 radical (unpaired) electrons. The normalized spacial score (nSPS) is 11.0. The fourth-order valence-corrected chi connectivity index (χ4v) is 3.13. The Balaban J connectivity index is 2.16. The van der Waals surface area contributed by atoms with Gasteiger partial charge in [0.05, 0.1) is 15.2 Å². The SMILES string of the molecule is Nc1ccc2nc(-c3ccc(Br)c(Cl)c3)sc2c1. The van der Waals surface area contributed by atoms with Gasteiger partial charge in [0.2, 0.25) is 0 Å². The molecule has 0 unspecified atom stereocenters. The summed E-state index contributed by atoms with van der Waals surface area (Å²) in [6, 6.07) is 11.6. The number of hydrogen-bond acceptors (Lipinski definition) is 3. The molecule has 0 fully saturated rings. The summed E-state index contributed by atoms with van der Waals surface area (Å²) < 4.78 is 1.97. The highest BCUT2D eigenvalue weighted by atomic mass is 79.9. The molecular weight excluding hydrogens is 332 g/mol. The van der Waals surface area contributed by atoms with Crippen LogP contribution in [-0.2, 0) is 0 Å². The topological polar surface area (TPSA) is 38.9 Å². The van der Waals surface area contributed by atoms with Gasteiger partial charge in [0.1, 0.15) is 5.01 Å². The summed E-state index contributed by atoms with van der Waals surface area (Å²) >= 11 is 11.1. The maximum Gasteiger partial charge on any atom is 0.124 e. The van der Waals surface area contributed by atoms with Gasteiger partial charge in [-0.2, -0.15) is 0 Å². The molecular formula is C13H8BrClN2S. The lowest BCUT2D eigenvalue weighted by molar-refractivity contribution is 1.47. The number of rotatable bonds is 1. The van der Waals surface area contributed by atoms with E-state index in [0.717, 1.165) is 30.9 Å². The van der Waals surface area contributed by atoms with Crippen LogP contribution >= 0.6 is 38.9 Å². The lowest BCUT2D eigenvalue weighted by atomic mass is 10.2. The summed E-state index contributed by atoms with van der Waals surface area (Å²) in [5, 5.41) is 1.64. The number of nitrogens with zero attached hydrogens (tertiary/aromatic N) is 1. The number of thiazole rings is 1. The Bertz CT molecular complexity index is 739. The van der Waals surface area contributed by atoms with E-state index < -0.39 is 0 Å². The molecule has 3 rings (SSSR count). The third-order valence-electron chi connectivity index (χ3n) is 2.58.